The third-order valence-electron chi connectivity index (χ3n) is 4.22. The Balaban J connectivity index is 3.48. The molecule has 4 heteroatoms. The molecule has 0 aliphatic heterocycles. The van der Waals surface area contributed by atoms with E-state index in [0.717, 1.165) is 64.2 Å². The zero-order chi connectivity index (χ0) is 18.9. The summed E-state index contributed by atoms with van der Waals surface area (Å²) in [6, 6.07) is 0. The first kappa shape index (κ1) is 23.9. The van der Waals surface area contributed by atoms with E-state index in [2.05, 4.69) is 13.8 Å². The van der Waals surface area contributed by atoms with Crippen LogP contribution in [-0.4, -0.2) is 24.6 Å². The molecule has 0 bridgehead atoms. The highest BCUT2D eigenvalue weighted by Crippen LogP contribution is 2.13. The smallest absolute Gasteiger partial charge is 0.306 e. The molecule has 0 aromatic rings. The van der Waals surface area contributed by atoms with Crippen molar-refractivity contribution < 1.29 is 19.1 Å². The first-order valence-electron chi connectivity index (χ1n) is 10.3. The largest absolute Gasteiger partial charge is 0.465 e. The van der Waals surface area contributed by atoms with E-state index < -0.39 is 0 Å². The molecular weight excluding hydrogens is 316 g/mol. The number of esters is 2. The fourth-order valence-corrected chi connectivity index (χ4v) is 2.60. The van der Waals surface area contributed by atoms with Crippen molar-refractivity contribution in [1.82, 2.24) is 0 Å². The summed E-state index contributed by atoms with van der Waals surface area (Å²) in [5.74, 6) is 0.274. The van der Waals surface area contributed by atoms with Crippen LogP contribution in [0, 0.1) is 5.92 Å². The molecule has 0 saturated heterocycles. The average molecular weight is 357 g/mol. The third-order valence-corrected chi connectivity index (χ3v) is 4.22. The van der Waals surface area contributed by atoms with E-state index in [0.29, 0.717) is 25.4 Å². The van der Waals surface area contributed by atoms with Gasteiger partial charge in [0.05, 0.1) is 6.61 Å². The number of hydrogen-bond donors (Lipinski definition) is 0. The normalized spacial score (nSPS) is 12.2. The number of hydrogen-bond acceptors (Lipinski definition) is 4. The van der Waals surface area contributed by atoms with Crippen LogP contribution in [0.15, 0.2) is 0 Å². The van der Waals surface area contributed by atoms with Crippen molar-refractivity contribution in [2.45, 2.75) is 111 Å². The molecule has 4 nitrogen and oxygen atoms in total. The number of rotatable bonds is 16. The summed E-state index contributed by atoms with van der Waals surface area (Å²) in [5.41, 5.74) is 0. The second-order valence-electron chi connectivity index (χ2n) is 7.36. The molecule has 25 heavy (non-hydrogen) atoms. The van der Waals surface area contributed by atoms with Crippen molar-refractivity contribution in [3.05, 3.63) is 0 Å². The van der Waals surface area contributed by atoms with Crippen LogP contribution in [0.1, 0.15) is 105 Å². The summed E-state index contributed by atoms with van der Waals surface area (Å²) in [7, 11) is 0. The van der Waals surface area contributed by atoms with Gasteiger partial charge in [0, 0.05) is 12.8 Å². The van der Waals surface area contributed by atoms with Gasteiger partial charge >= 0.3 is 11.9 Å². The van der Waals surface area contributed by atoms with Gasteiger partial charge in [0.2, 0.25) is 0 Å². The monoisotopic (exact) mass is 356 g/mol. The van der Waals surface area contributed by atoms with Crippen LogP contribution in [-0.2, 0) is 19.1 Å². The summed E-state index contributed by atoms with van der Waals surface area (Å²) in [4.78, 5) is 23.3. The second-order valence-corrected chi connectivity index (χ2v) is 7.36. The Morgan fingerprint density at radius 2 is 1.36 bits per heavy atom. The molecule has 0 aromatic heterocycles. The minimum absolute atomic E-state index is 0.0455. The molecule has 0 N–H and O–H groups in total. The molecule has 0 aromatic carbocycles. The molecule has 0 radical (unpaired) electrons. The Labute approximate surface area is 155 Å². The zero-order valence-corrected chi connectivity index (χ0v) is 17.0. The maximum Gasteiger partial charge on any atom is 0.306 e. The van der Waals surface area contributed by atoms with E-state index in [4.69, 9.17) is 9.47 Å². The molecule has 0 amide bonds. The summed E-state index contributed by atoms with van der Waals surface area (Å²) in [5, 5.41) is 0. The van der Waals surface area contributed by atoms with Crippen molar-refractivity contribution in [1.29, 1.82) is 0 Å². The fraction of sp³-hybridized carbons (Fsp3) is 0.905. The van der Waals surface area contributed by atoms with Crippen LogP contribution in [0.2, 0.25) is 0 Å². The van der Waals surface area contributed by atoms with Gasteiger partial charge in [-0.25, -0.2) is 0 Å². The first-order valence-corrected chi connectivity index (χ1v) is 10.3. The molecule has 0 rings (SSSR count). The number of ether oxygens (including phenoxy) is 2. The molecule has 1 unspecified atom stereocenters. The van der Waals surface area contributed by atoms with Crippen LogP contribution < -0.4 is 0 Å². The van der Waals surface area contributed by atoms with Gasteiger partial charge in [0.15, 0.2) is 0 Å². The minimum Gasteiger partial charge on any atom is -0.465 e. The summed E-state index contributed by atoms with van der Waals surface area (Å²) < 4.78 is 10.7. The van der Waals surface area contributed by atoms with Gasteiger partial charge in [-0.3, -0.25) is 9.59 Å². The van der Waals surface area contributed by atoms with Crippen molar-refractivity contribution in [2.24, 2.45) is 5.92 Å². The predicted molar refractivity (Wildman–Crippen MR) is 102 cm³/mol. The predicted octanol–water partition coefficient (Wildman–Crippen LogP) is 5.82. The molecule has 0 fully saturated rings. The first-order chi connectivity index (χ1) is 12.0. The molecule has 148 valence electrons. The summed E-state index contributed by atoms with van der Waals surface area (Å²) in [6.45, 7) is 8.83. The fourth-order valence-electron chi connectivity index (χ4n) is 2.60. The molecule has 1 atom stereocenters. The van der Waals surface area contributed by atoms with Gasteiger partial charge in [0.1, 0.15) is 6.10 Å². The lowest BCUT2D eigenvalue weighted by Gasteiger charge is -2.15. The Morgan fingerprint density at radius 1 is 0.800 bits per heavy atom. The maximum atomic E-state index is 11.8. The van der Waals surface area contributed by atoms with Gasteiger partial charge in [-0.2, -0.15) is 0 Å². The molecule has 0 saturated carbocycles. The number of carbonyl (C=O) groups excluding carboxylic acids is 2. The van der Waals surface area contributed by atoms with Crippen LogP contribution in [0.5, 0.6) is 0 Å². The van der Waals surface area contributed by atoms with Crippen molar-refractivity contribution >= 4 is 11.9 Å². The van der Waals surface area contributed by atoms with E-state index in [1.165, 1.54) is 0 Å². The minimum atomic E-state index is -0.0787. The van der Waals surface area contributed by atoms with Crippen LogP contribution >= 0.6 is 0 Å². The van der Waals surface area contributed by atoms with Gasteiger partial charge in [-0.1, -0.05) is 66.2 Å². The molecule has 0 spiro atoms. The van der Waals surface area contributed by atoms with Gasteiger partial charge in [-0.15, -0.1) is 0 Å². The van der Waals surface area contributed by atoms with Crippen LogP contribution in [0.25, 0.3) is 0 Å². The van der Waals surface area contributed by atoms with E-state index in [9.17, 15) is 9.59 Å². The Kier molecular flexibility index (Phi) is 15.7. The quantitative estimate of drug-likeness (QED) is 0.258. The molecular formula is C21H40O4. The number of unbranched alkanes of at least 4 members (excludes halogenated alkanes) is 6. The Hall–Kier alpha value is -1.06. The zero-order valence-electron chi connectivity index (χ0n) is 17.0. The highest BCUT2D eigenvalue weighted by Gasteiger charge is 2.11. The van der Waals surface area contributed by atoms with Gasteiger partial charge in [-0.05, 0) is 31.6 Å². The van der Waals surface area contributed by atoms with Crippen molar-refractivity contribution in [2.75, 3.05) is 6.61 Å². The van der Waals surface area contributed by atoms with Gasteiger partial charge in [0.25, 0.3) is 0 Å². The third kappa shape index (κ3) is 16.2. The van der Waals surface area contributed by atoms with E-state index in [1.54, 1.807) is 0 Å². The Bertz CT molecular complexity index is 339. The van der Waals surface area contributed by atoms with Crippen LogP contribution in [0.4, 0.5) is 0 Å². The summed E-state index contributed by atoms with van der Waals surface area (Å²) in [6.07, 6.45) is 11.4. The Morgan fingerprint density at radius 3 is 1.88 bits per heavy atom. The lowest BCUT2D eigenvalue weighted by Crippen LogP contribution is -2.17. The SMILES string of the molecule is CCCCC(CC)OC(=O)CCCCCCCCC(=O)OCC(C)C. The molecule has 0 aliphatic rings. The van der Waals surface area contributed by atoms with Gasteiger partial charge < -0.3 is 9.47 Å². The lowest BCUT2D eigenvalue weighted by atomic mass is 10.1. The second kappa shape index (κ2) is 16.4. The average Bonchev–Trinajstić information content (AvgIpc) is 2.58. The maximum absolute atomic E-state index is 11.8. The number of carbonyl (C=O) groups is 2. The highest BCUT2D eigenvalue weighted by molar-refractivity contribution is 5.69. The molecule has 0 aliphatic carbocycles. The van der Waals surface area contributed by atoms with E-state index >= 15 is 0 Å². The standard InChI is InChI=1S/C21H40O4/c1-5-7-14-19(6-2)25-21(23)16-13-11-9-8-10-12-15-20(22)24-17-18(3)4/h18-19H,5-17H2,1-4H3. The summed E-state index contributed by atoms with van der Waals surface area (Å²) >= 11 is 0. The lowest BCUT2D eigenvalue weighted by molar-refractivity contribution is -0.149. The topological polar surface area (TPSA) is 52.6 Å². The van der Waals surface area contributed by atoms with Crippen molar-refractivity contribution in [3.63, 3.8) is 0 Å². The molecule has 0 heterocycles. The highest BCUT2D eigenvalue weighted by atomic mass is 16.5. The van der Waals surface area contributed by atoms with Crippen LogP contribution in [0.3, 0.4) is 0 Å². The van der Waals surface area contributed by atoms with E-state index in [-0.39, 0.29) is 18.0 Å². The van der Waals surface area contributed by atoms with E-state index in [1.807, 2.05) is 13.8 Å². The van der Waals surface area contributed by atoms with Crippen molar-refractivity contribution in [3.8, 4) is 0 Å².